The van der Waals surface area contributed by atoms with E-state index in [1.165, 1.54) is 43.8 Å². The Morgan fingerprint density at radius 3 is 2.78 bits per heavy atom. The van der Waals surface area contributed by atoms with E-state index in [9.17, 15) is 9.90 Å². The fraction of sp³-hybridized carbons (Fsp3) is 0.750. The van der Waals surface area contributed by atoms with Crippen LogP contribution >= 0.6 is 0 Å². The van der Waals surface area contributed by atoms with Gasteiger partial charge in [0, 0.05) is 11.6 Å². The molecule has 0 bridgehead atoms. The van der Waals surface area contributed by atoms with Crippen LogP contribution in [0.1, 0.15) is 65.7 Å². The molecule has 2 aliphatic carbocycles. The molecule has 23 heavy (non-hydrogen) atoms. The second-order valence-electron chi connectivity index (χ2n) is 8.42. The van der Waals surface area contributed by atoms with Crippen LogP contribution in [0.2, 0.25) is 0 Å². The van der Waals surface area contributed by atoms with E-state index < -0.39 is 12.3 Å². The lowest BCUT2D eigenvalue weighted by Crippen LogP contribution is -2.50. The third-order valence-corrected chi connectivity index (χ3v) is 7.37. The minimum absolute atomic E-state index is 0.225. The van der Waals surface area contributed by atoms with Crippen molar-refractivity contribution in [3.05, 3.63) is 23.8 Å². The summed E-state index contributed by atoms with van der Waals surface area (Å²) in [7, 11) is 0. The maximum absolute atomic E-state index is 11.3. The molecule has 0 radical (unpaired) electrons. The summed E-state index contributed by atoms with van der Waals surface area (Å²) in [5.41, 5.74) is 2.66. The summed E-state index contributed by atoms with van der Waals surface area (Å²) in [5.74, 6) is 0.892. The number of cyclic esters (lactones) is 1. The monoisotopic (exact) mass is 318 g/mol. The topological polar surface area (TPSA) is 46.5 Å². The third kappa shape index (κ3) is 2.67. The summed E-state index contributed by atoms with van der Waals surface area (Å²) in [6.45, 7) is 11.6. The van der Waals surface area contributed by atoms with Crippen molar-refractivity contribution in [3.63, 3.8) is 0 Å². The molecule has 2 saturated carbocycles. The summed E-state index contributed by atoms with van der Waals surface area (Å²) in [6, 6.07) is 0. The average molecular weight is 318 g/mol. The molecule has 3 heteroatoms. The molecule has 0 aromatic heterocycles. The number of aliphatic hydroxyl groups is 1. The van der Waals surface area contributed by atoms with E-state index in [0.29, 0.717) is 11.8 Å². The Labute approximate surface area is 139 Å². The maximum Gasteiger partial charge on any atom is 0.333 e. The Morgan fingerprint density at radius 1 is 1.39 bits per heavy atom. The zero-order valence-corrected chi connectivity index (χ0v) is 14.7. The van der Waals surface area contributed by atoms with Crippen LogP contribution in [0.15, 0.2) is 23.8 Å². The minimum Gasteiger partial charge on any atom is -0.429 e. The molecule has 3 nitrogen and oxygen atoms in total. The maximum atomic E-state index is 11.3. The van der Waals surface area contributed by atoms with Gasteiger partial charge in [0.1, 0.15) is 0 Å². The van der Waals surface area contributed by atoms with E-state index in [2.05, 4.69) is 27.4 Å². The van der Waals surface area contributed by atoms with E-state index in [4.69, 9.17) is 4.74 Å². The Bertz CT molecular complexity index is 549. The lowest BCUT2D eigenvalue weighted by atomic mass is 9.46. The van der Waals surface area contributed by atoms with Gasteiger partial charge in [-0.25, -0.2) is 4.79 Å². The molecule has 128 valence electrons. The van der Waals surface area contributed by atoms with Crippen LogP contribution in [-0.2, 0) is 9.53 Å². The van der Waals surface area contributed by atoms with Crippen molar-refractivity contribution in [3.8, 4) is 0 Å². The predicted octanol–water partition coefficient (Wildman–Crippen LogP) is 4.37. The van der Waals surface area contributed by atoms with Crippen LogP contribution in [0.4, 0.5) is 0 Å². The Kier molecular flexibility index (Phi) is 4.20. The van der Waals surface area contributed by atoms with E-state index in [-0.39, 0.29) is 10.8 Å². The number of carbonyl (C=O) groups excluding carboxylic acids is 1. The highest BCUT2D eigenvalue weighted by atomic mass is 16.6. The van der Waals surface area contributed by atoms with E-state index in [0.717, 1.165) is 18.4 Å². The van der Waals surface area contributed by atoms with Gasteiger partial charge in [-0.1, -0.05) is 32.9 Å². The number of rotatable bonds is 3. The first-order chi connectivity index (χ1) is 10.8. The van der Waals surface area contributed by atoms with Crippen molar-refractivity contribution >= 4 is 5.97 Å². The van der Waals surface area contributed by atoms with Crippen LogP contribution < -0.4 is 0 Å². The Hall–Kier alpha value is -1.09. The van der Waals surface area contributed by atoms with Crippen LogP contribution in [-0.4, -0.2) is 17.4 Å². The van der Waals surface area contributed by atoms with Gasteiger partial charge in [0.05, 0.1) is 0 Å². The third-order valence-electron chi connectivity index (χ3n) is 7.37. The average Bonchev–Trinajstić information content (AvgIpc) is 2.82. The summed E-state index contributed by atoms with van der Waals surface area (Å²) in [4.78, 5) is 11.3. The molecular weight excluding hydrogens is 288 g/mol. The van der Waals surface area contributed by atoms with Crippen molar-refractivity contribution in [1.29, 1.82) is 0 Å². The standard InChI is InChI=1S/C20H30O3/c1-13-6-5-7-16-19(13,3)10-8-14(2)20(16,4)11-9-15-12-17(21)23-18(15)22/h12,14,16,18,22H,1,5-11H2,2-4H3/t14-,16?,18-,19+,20+/m1/s1. The number of ether oxygens (including phenoxy) is 1. The first kappa shape index (κ1) is 16.8. The quantitative estimate of drug-likeness (QED) is 0.621. The molecule has 0 spiro atoms. The Balaban J connectivity index is 1.81. The molecule has 0 aromatic carbocycles. The molecule has 1 aliphatic heterocycles. The second-order valence-corrected chi connectivity index (χ2v) is 8.42. The summed E-state index contributed by atoms with van der Waals surface area (Å²) < 4.78 is 4.83. The van der Waals surface area contributed by atoms with Gasteiger partial charge in [0.15, 0.2) is 0 Å². The number of carbonyl (C=O) groups is 1. The Morgan fingerprint density at radius 2 is 2.13 bits per heavy atom. The smallest absolute Gasteiger partial charge is 0.333 e. The number of fused-ring (bicyclic) bond motifs is 1. The minimum atomic E-state index is -1.03. The van der Waals surface area contributed by atoms with Crippen LogP contribution in [0.3, 0.4) is 0 Å². The molecule has 5 atom stereocenters. The molecule has 3 aliphatic rings. The van der Waals surface area contributed by atoms with E-state index >= 15 is 0 Å². The van der Waals surface area contributed by atoms with Gasteiger partial charge in [0.25, 0.3) is 0 Å². The van der Waals surface area contributed by atoms with Gasteiger partial charge in [0.2, 0.25) is 6.29 Å². The predicted molar refractivity (Wildman–Crippen MR) is 90.5 cm³/mol. The van der Waals surface area contributed by atoms with Crippen molar-refractivity contribution in [2.75, 3.05) is 0 Å². The van der Waals surface area contributed by atoms with Gasteiger partial charge >= 0.3 is 5.97 Å². The molecular formula is C20H30O3. The van der Waals surface area contributed by atoms with Crippen molar-refractivity contribution < 1.29 is 14.6 Å². The van der Waals surface area contributed by atoms with Crippen molar-refractivity contribution in [2.24, 2.45) is 22.7 Å². The molecule has 3 rings (SSSR count). The van der Waals surface area contributed by atoms with Crippen molar-refractivity contribution in [2.45, 2.75) is 72.0 Å². The fourth-order valence-corrected chi connectivity index (χ4v) is 5.44. The molecule has 1 N–H and O–H groups in total. The van der Waals surface area contributed by atoms with Gasteiger partial charge < -0.3 is 9.84 Å². The highest BCUT2D eigenvalue weighted by Gasteiger charge is 2.53. The van der Waals surface area contributed by atoms with Crippen LogP contribution in [0.25, 0.3) is 0 Å². The van der Waals surface area contributed by atoms with Gasteiger partial charge in [-0.2, -0.15) is 0 Å². The van der Waals surface area contributed by atoms with Gasteiger partial charge in [-0.15, -0.1) is 0 Å². The molecule has 1 heterocycles. The number of hydrogen-bond donors (Lipinski definition) is 1. The highest BCUT2D eigenvalue weighted by Crippen LogP contribution is 2.62. The summed E-state index contributed by atoms with van der Waals surface area (Å²) in [6.07, 6.45) is 8.36. The molecule has 2 fully saturated rings. The highest BCUT2D eigenvalue weighted by molar-refractivity contribution is 5.85. The lowest BCUT2D eigenvalue weighted by Gasteiger charge is -2.59. The molecule has 0 amide bonds. The number of esters is 1. The largest absolute Gasteiger partial charge is 0.429 e. The first-order valence-electron chi connectivity index (χ1n) is 9.05. The summed E-state index contributed by atoms with van der Waals surface area (Å²) >= 11 is 0. The van der Waals surface area contributed by atoms with Gasteiger partial charge in [-0.3, -0.25) is 0 Å². The SMILES string of the molecule is C=C1CCCC2[C@@]1(C)CC[C@@H](C)[C@]2(C)CCC1=CC(=O)O[C@H]1O. The molecule has 1 unspecified atom stereocenters. The van der Waals surface area contributed by atoms with Crippen LogP contribution in [0.5, 0.6) is 0 Å². The first-order valence-corrected chi connectivity index (χ1v) is 9.05. The summed E-state index contributed by atoms with van der Waals surface area (Å²) in [5, 5.41) is 9.84. The zero-order chi connectivity index (χ0) is 16.8. The molecule has 0 saturated heterocycles. The number of allylic oxidation sites excluding steroid dienone is 1. The zero-order valence-electron chi connectivity index (χ0n) is 14.7. The number of aliphatic hydroxyl groups excluding tert-OH is 1. The van der Waals surface area contributed by atoms with Crippen molar-refractivity contribution in [1.82, 2.24) is 0 Å². The van der Waals surface area contributed by atoms with E-state index in [1.54, 1.807) is 0 Å². The van der Waals surface area contributed by atoms with Crippen LogP contribution in [0, 0.1) is 22.7 Å². The van der Waals surface area contributed by atoms with Gasteiger partial charge in [-0.05, 0) is 67.6 Å². The number of hydrogen-bond acceptors (Lipinski definition) is 3. The second kappa shape index (κ2) is 5.77. The molecule has 0 aromatic rings. The lowest BCUT2D eigenvalue weighted by molar-refractivity contribution is -0.151. The fourth-order valence-electron chi connectivity index (χ4n) is 5.44. The van der Waals surface area contributed by atoms with E-state index in [1.807, 2.05) is 0 Å². The normalized spacial score (nSPS) is 43.8.